The number of nitro benzene ring substituents is 1. The number of hydrogen-bond donors (Lipinski definition) is 1. The SMILES string of the molecule is CC(C)(OC(=O)OCc1ccc([N+](=O)[O-])cc1)[C@H]1CNC1=O. The number of ether oxygens (including phenoxy) is 2. The van der Waals surface area contributed by atoms with Gasteiger partial charge in [-0.3, -0.25) is 14.9 Å². The van der Waals surface area contributed by atoms with Crippen LogP contribution in [0.25, 0.3) is 0 Å². The molecule has 1 aliphatic heterocycles. The number of carbonyl (C=O) groups is 2. The Morgan fingerprint density at radius 1 is 1.41 bits per heavy atom. The molecule has 0 spiro atoms. The van der Waals surface area contributed by atoms with Crippen LogP contribution in [0.2, 0.25) is 0 Å². The molecule has 1 fully saturated rings. The maximum Gasteiger partial charge on any atom is 0.509 e. The number of hydrogen-bond acceptors (Lipinski definition) is 6. The number of non-ortho nitro benzene ring substituents is 1. The van der Waals surface area contributed by atoms with Gasteiger partial charge in [-0.05, 0) is 31.5 Å². The molecule has 1 saturated heterocycles. The van der Waals surface area contributed by atoms with Crippen LogP contribution in [-0.2, 0) is 20.9 Å². The van der Waals surface area contributed by atoms with E-state index >= 15 is 0 Å². The minimum atomic E-state index is -0.950. The van der Waals surface area contributed by atoms with Crippen molar-refractivity contribution in [3.63, 3.8) is 0 Å². The van der Waals surface area contributed by atoms with Crippen LogP contribution in [0.15, 0.2) is 24.3 Å². The molecule has 8 heteroatoms. The van der Waals surface area contributed by atoms with E-state index in [1.807, 2.05) is 0 Å². The zero-order valence-electron chi connectivity index (χ0n) is 12.2. The molecule has 0 saturated carbocycles. The van der Waals surface area contributed by atoms with Crippen LogP contribution in [0.4, 0.5) is 10.5 Å². The van der Waals surface area contributed by atoms with Gasteiger partial charge in [0.1, 0.15) is 12.2 Å². The Morgan fingerprint density at radius 2 is 2.05 bits per heavy atom. The molecule has 1 aliphatic rings. The number of nitro groups is 1. The van der Waals surface area contributed by atoms with Crippen LogP contribution in [0.5, 0.6) is 0 Å². The second-order valence-corrected chi connectivity index (χ2v) is 5.47. The number of amides is 1. The molecular formula is C14H16N2O6. The average Bonchev–Trinajstić information content (AvgIpc) is 2.42. The van der Waals surface area contributed by atoms with Crippen molar-refractivity contribution in [3.8, 4) is 0 Å². The summed E-state index contributed by atoms with van der Waals surface area (Å²) in [7, 11) is 0. The van der Waals surface area contributed by atoms with Gasteiger partial charge in [0.2, 0.25) is 5.91 Å². The smallest absolute Gasteiger partial charge is 0.429 e. The summed E-state index contributed by atoms with van der Waals surface area (Å²) in [4.78, 5) is 33.0. The number of rotatable bonds is 5. The fourth-order valence-electron chi connectivity index (χ4n) is 2.02. The van der Waals surface area contributed by atoms with Crippen molar-refractivity contribution in [1.29, 1.82) is 0 Å². The van der Waals surface area contributed by atoms with Gasteiger partial charge in [-0.15, -0.1) is 0 Å². The summed E-state index contributed by atoms with van der Waals surface area (Å²) < 4.78 is 10.1. The summed E-state index contributed by atoms with van der Waals surface area (Å²) in [6, 6.07) is 5.64. The summed E-state index contributed by atoms with van der Waals surface area (Å²) in [5.41, 5.74) is -0.389. The van der Waals surface area contributed by atoms with E-state index < -0.39 is 16.7 Å². The highest BCUT2D eigenvalue weighted by Gasteiger charge is 2.44. The predicted octanol–water partition coefficient (Wildman–Crippen LogP) is 1.77. The first-order chi connectivity index (χ1) is 10.3. The van der Waals surface area contributed by atoms with E-state index in [1.54, 1.807) is 13.8 Å². The molecule has 1 atom stereocenters. The molecule has 1 aromatic carbocycles. The Kier molecular flexibility index (Phi) is 4.30. The zero-order valence-corrected chi connectivity index (χ0v) is 12.2. The molecule has 2 rings (SSSR count). The monoisotopic (exact) mass is 308 g/mol. The minimum absolute atomic E-state index is 0.0385. The van der Waals surface area contributed by atoms with Gasteiger partial charge < -0.3 is 14.8 Å². The van der Waals surface area contributed by atoms with Crippen molar-refractivity contribution in [1.82, 2.24) is 5.32 Å². The second kappa shape index (κ2) is 6.00. The van der Waals surface area contributed by atoms with E-state index in [0.717, 1.165) is 0 Å². The lowest BCUT2D eigenvalue weighted by atomic mass is 9.85. The average molecular weight is 308 g/mol. The predicted molar refractivity (Wildman–Crippen MR) is 74.9 cm³/mol. The van der Waals surface area contributed by atoms with Gasteiger partial charge in [0.15, 0.2) is 0 Å². The zero-order chi connectivity index (χ0) is 16.3. The maximum atomic E-state index is 11.7. The molecule has 1 aromatic rings. The summed E-state index contributed by atoms with van der Waals surface area (Å²) >= 11 is 0. The molecule has 8 nitrogen and oxygen atoms in total. The van der Waals surface area contributed by atoms with Crippen LogP contribution in [0.3, 0.4) is 0 Å². The van der Waals surface area contributed by atoms with Crippen LogP contribution in [0.1, 0.15) is 19.4 Å². The van der Waals surface area contributed by atoms with Crippen LogP contribution < -0.4 is 5.32 Å². The highest BCUT2D eigenvalue weighted by molar-refractivity contribution is 5.85. The third kappa shape index (κ3) is 3.51. The van der Waals surface area contributed by atoms with Gasteiger partial charge in [-0.25, -0.2) is 4.79 Å². The van der Waals surface area contributed by atoms with E-state index in [2.05, 4.69) is 5.32 Å². The Hall–Kier alpha value is -2.64. The van der Waals surface area contributed by atoms with E-state index in [1.165, 1.54) is 24.3 Å². The third-order valence-electron chi connectivity index (χ3n) is 3.49. The van der Waals surface area contributed by atoms with Crippen LogP contribution in [0, 0.1) is 16.0 Å². The van der Waals surface area contributed by atoms with Gasteiger partial charge in [0.05, 0.1) is 10.8 Å². The number of benzene rings is 1. The van der Waals surface area contributed by atoms with Crippen molar-refractivity contribution in [2.24, 2.45) is 5.92 Å². The third-order valence-corrected chi connectivity index (χ3v) is 3.49. The topological polar surface area (TPSA) is 108 Å². The first-order valence-electron chi connectivity index (χ1n) is 6.66. The first kappa shape index (κ1) is 15.7. The number of carbonyl (C=O) groups excluding carboxylic acids is 2. The van der Waals surface area contributed by atoms with Gasteiger partial charge in [-0.1, -0.05) is 0 Å². The number of nitrogens with zero attached hydrogens (tertiary/aromatic N) is 1. The lowest BCUT2D eigenvalue weighted by Crippen LogP contribution is -2.59. The summed E-state index contributed by atoms with van der Waals surface area (Å²) in [5, 5.41) is 13.1. The molecule has 0 radical (unpaired) electrons. The maximum absolute atomic E-state index is 11.7. The molecule has 1 amide bonds. The highest BCUT2D eigenvalue weighted by atomic mass is 16.7. The van der Waals surface area contributed by atoms with Gasteiger partial charge in [-0.2, -0.15) is 0 Å². The Labute approximate surface area is 126 Å². The molecule has 0 unspecified atom stereocenters. The summed E-state index contributed by atoms with van der Waals surface area (Å²) in [6.45, 7) is 3.68. The van der Waals surface area contributed by atoms with E-state index in [-0.39, 0.29) is 24.1 Å². The first-order valence-corrected chi connectivity index (χ1v) is 6.66. The summed E-state index contributed by atoms with van der Waals surface area (Å²) in [6.07, 6.45) is -0.886. The van der Waals surface area contributed by atoms with E-state index in [0.29, 0.717) is 12.1 Å². The Morgan fingerprint density at radius 3 is 2.50 bits per heavy atom. The summed E-state index contributed by atoms with van der Waals surface area (Å²) in [5.74, 6) is -0.549. The van der Waals surface area contributed by atoms with Crippen molar-refractivity contribution in [2.45, 2.75) is 26.1 Å². The van der Waals surface area contributed by atoms with Crippen LogP contribution in [-0.4, -0.2) is 29.1 Å². The number of nitrogens with one attached hydrogen (secondary N) is 1. The fourth-order valence-corrected chi connectivity index (χ4v) is 2.02. The fraction of sp³-hybridized carbons (Fsp3) is 0.429. The van der Waals surface area contributed by atoms with Crippen molar-refractivity contribution in [2.75, 3.05) is 6.54 Å². The van der Waals surface area contributed by atoms with Crippen molar-refractivity contribution >= 4 is 17.7 Å². The van der Waals surface area contributed by atoms with Gasteiger partial charge in [0, 0.05) is 18.7 Å². The Balaban J connectivity index is 1.84. The largest absolute Gasteiger partial charge is 0.509 e. The quantitative estimate of drug-likeness (QED) is 0.384. The molecule has 22 heavy (non-hydrogen) atoms. The molecule has 0 aliphatic carbocycles. The van der Waals surface area contributed by atoms with E-state index in [4.69, 9.17) is 9.47 Å². The molecule has 118 valence electrons. The highest BCUT2D eigenvalue weighted by Crippen LogP contribution is 2.26. The van der Waals surface area contributed by atoms with Crippen molar-refractivity contribution in [3.05, 3.63) is 39.9 Å². The van der Waals surface area contributed by atoms with Crippen LogP contribution >= 0.6 is 0 Å². The van der Waals surface area contributed by atoms with E-state index in [9.17, 15) is 19.7 Å². The normalized spacial score (nSPS) is 17.2. The van der Waals surface area contributed by atoms with Crippen molar-refractivity contribution < 1.29 is 24.0 Å². The molecule has 0 bridgehead atoms. The molecule has 1 heterocycles. The molecule has 1 N–H and O–H groups in total. The lowest BCUT2D eigenvalue weighted by Gasteiger charge is -2.38. The second-order valence-electron chi connectivity index (χ2n) is 5.47. The van der Waals surface area contributed by atoms with Gasteiger partial charge >= 0.3 is 6.16 Å². The van der Waals surface area contributed by atoms with Gasteiger partial charge in [0.25, 0.3) is 5.69 Å². The molecule has 0 aromatic heterocycles. The standard InChI is InChI=1S/C14H16N2O6/c1-14(2,11-7-15-12(11)17)22-13(18)21-8-9-3-5-10(6-4-9)16(19)20/h3-6,11H,7-8H2,1-2H3,(H,15,17)/t11-/m0/s1. The number of β-lactam (4-membered cyclic amide) rings is 1. The lowest BCUT2D eigenvalue weighted by molar-refractivity contribution is -0.384. The minimum Gasteiger partial charge on any atom is -0.429 e. The molecular weight excluding hydrogens is 292 g/mol. The Bertz CT molecular complexity index is 596.